The van der Waals surface area contributed by atoms with Gasteiger partial charge in [-0.2, -0.15) is 0 Å². The Morgan fingerprint density at radius 2 is 1.84 bits per heavy atom. The van der Waals surface area contributed by atoms with Gasteiger partial charge in [0.25, 0.3) is 11.8 Å². The highest BCUT2D eigenvalue weighted by Gasteiger charge is 2.44. The first kappa shape index (κ1) is 20.1. The van der Waals surface area contributed by atoms with E-state index in [9.17, 15) is 19.2 Å². The van der Waals surface area contributed by atoms with Crippen molar-refractivity contribution in [1.82, 2.24) is 20.9 Å². The van der Waals surface area contributed by atoms with Crippen LogP contribution in [0.1, 0.15) is 46.4 Å². The minimum atomic E-state index is -0.932. The van der Waals surface area contributed by atoms with Crippen molar-refractivity contribution in [2.24, 2.45) is 5.92 Å². The molecule has 5 rings (SSSR count). The molecule has 4 amide bonds. The molecule has 3 saturated heterocycles. The number of nitrogens with one attached hydrogen (secondary N) is 3. The van der Waals surface area contributed by atoms with Gasteiger partial charge in [-0.25, -0.2) is 0 Å². The number of carbonyl (C=O) groups is 4. The molecule has 0 spiro atoms. The van der Waals surface area contributed by atoms with Gasteiger partial charge in [0.05, 0.1) is 11.1 Å². The van der Waals surface area contributed by atoms with Gasteiger partial charge in [0.1, 0.15) is 6.04 Å². The number of amides is 4. The lowest BCUT2D eigenvalue weighted by molar-refractivity contribution is -0.136. The van der Waals surface area contributed by atoms with Crippen LogP contribution in [0.25, 0.3) is 0 Å². The molecule has 3 N–H and O–H groups in total. The van der Waals surface area contributed by atoms with E-state index in [0.29, 0.717) is 23.1 Å². The molecule has 1 aromatic rings. The third-order valence-electron chi connectivity index (χ3n) is 6.77. The van der Waals surface area contributed by atoms with E-state index in [1.54, 1.807) is 12.1 Å². The Balaban J connectivity index is 1.30. The van der Waals surface area contributed by atoms with Gasteiger partial charge in [0.15, 0.2) is 0 Å². The average Bonchev–Trinajstić information content (AvgIpc) is 2.97. The molecule has 1 unspecified atom stereocenters. The van der Waals surface area contributed by atoms with Crippen molar-refractivity contribution in [3.05, 3.63) is 29.3 Å². The van der Waals surface area contributed by atoms with E-state index in [1.165, 1.54) is 0 Å². The van der Waals surface area contributed by atoms with Gasteiger partial charge in [0, 0.05) is 50.9 Å². The van der Waals surface area contributed by atoms with Crippen LogP contribution >= 0.6 is 0 Å². The minimum absolute atomic E-state index is 0.119. The first-order valence-corrected chi connectivity index (χ1v) is 11.1. The van der Waals surface area contributed by atoms with E-state index in [-0.39, 0.29) is 18.7 Å². The summed E-state index contributed by atoms with van der Waals surface area (Å²) >= 11 is 0. The molecule has 0 saturated carbocycles. The van der Waals surface area contributed by atoms with E-state index in [2.05, 4.69) is 20.9 Å². The highest BCUT2D eigenvalue weighted by atomic mass is 16.2. The summed E-state index contributed by atoms with van der Waals surface area (Å²) < 4.78 is 0. The van der Waals surface area contributed by atoms with Crippen LogP contribution in [0.5, 0.6) is 0 Å². The zero-order valence-corrected chi connectivity index (χ0v) is 17.4. The second-order valence-corrected chi connectivity index (χ2v) is 8.89. The molecule has 0 aliphatic carbocycles. The number of hydrogen-bond acceptors (Lipinski definition) is 7. The summed E-state index contributed by atoms with van der Waals surface area (Å²) in [4.78, 5) is 52.8. The van der Waals surface area contributed by atoms with Gasteiger partial charge in [-0.05, 0) is 43.4 Å². The second kappa shape index (κ2) is 8.05. The Labute approximate surface area is 180 Å². The minimum Gasteiger partial charge on any atom is -0.370 e. The van der Waals surface area contributed by atoms with Crippen LogP contribution in [-0.4, -0.2) is 73.3 Å². The molecule has 0 aromatic heterocycles. The lowest BCUT2D eigenvalue weighted by Gasteiger charge is -2.37. The van der Waals surface area contributed by atoms with Crippen molar-refractivity contribution >= 4 is 29.3 Å². The van der Waals surface area contributed by atoms with Crippen molar-refractivity contribution in [3.63, 3.8) is 0 Å². The predicted octanol–water partition coefficient (Wildman–Crippen LogP) is -0.134. The van der Waals surface area contributed by atoms with Gasteiger partial charge in [0.2, 0.25) is 11.8 Å². The summed E-state index contributed by atoms with van der Waals surface area (Å²) in [5, 5.41) is 9.19. The number of nitrogens with zero attached hydrogens (tertiary/aromatic N) is 2. The summed E-state index contributed by atoms with van der Waals surface area (Å²) in [6.07, 6.45) is 2.47. The van der Waals surface area contributed by atoms with E-state index in [1.807, 2.05) is 6.07 Å². The smallest absolute Gasteiger partial charge is 0.262 e. The number of benzene rings is 1. The Bertz CT molecular complexity index is 944. The van der Waals surface area contributed by atoms with E-state index in [4.69, 9.17) is 0 Å². The SMILES string of the molecule is O=C1CCC(N2C(=O)c3ccc(N4CCC[C@@H](NCC5CNC5)C4)cc3C2=O)C(=O)N1. The third kappa shape index (κ3) is 3.72. The van der Waals surface area contributed by atoms with E-state index < -0.39 is 23.8 Å². The number of anilines is 1. The number of rotatable bonds is 5. The summed E-state index contributed by atoms with van der Waals surface area (Å²) in [6, 6.07) is 4.82. The van der Waals surface area contributed by atoms with Crippen molar-refractivity contribution < 1.29 is 19.2 Å². The molecule has 0 radical (unpaired) electrons. The molecule has 9 nitrogen and oxygen atoms in total. The maximum Gasteiger partial charge on any atom is 0.262 e. The fourth-order valence-corrected chi connectivity index (χ4v) is 4.86. The summed E-state index contributed by atoms with van der Waals surface area (Å²) in [6.45, 7) is 4.94. The zero-order chi connectivity index (χ0) is 21.5. The van der Waals surface area contributed by atoms with Gasteiger partial charge in [-0.1, -0.05) is 0 Å². The molecule has 164 valence electrons. The van der Waals surface area contributed by atoms with Crippen LogP contribution < -0.4 is 20.9 Å². The first-order valence-electron chi connectivity index (χ1n) is 11.1. The van der Waals surface area contributed by atoms with Crippen LogP contribution in [0.3, 0.4) is 0 Å². The first-order chi connectivity index (χ1) is 15.0. The molecule has 4 aliphatic rings. The van der Waals surface area contributed by atoms with Crippen molar-refractivity contribution in [1.29, 1.82) is 0 Å². The normalized spacial score (nSPS) is 26.7. The van der Waals surface area contributed by atoms with Crippen molar-refractivity contribution in [3.8, 4) is 0 Å². The molecular formula is C22H27N5O4. The third-order valence-corrected chi connectivity index (χ3v) is 6.77. The molecule has 2 atom stereocenters. The lowest BCUT2D eigenvalue weighted by Crippen LogP contribution is -2.54. The van der Waals surface area contributed by atoms with Crippen molar-refractivity contribution in [2.45, 2.75) is 37.8 Å². The Morgan fingerprint density at radius 1 is 1.03 bits per heavy atom. The Hall–Kier alpha value is -2.78. The average molecular weight is 425 g/mol. The van der Waals surface area contributed by atoms with Crippen LogP contribution in [0.15, 0.2) is 18.2 Å². The summed E-state index contributed by atoms with van der Waals surface area (Å²) in [5.41, 5.74) is 1.58. The molecule has 4 heterocycles. The maximum absolute atomic E-state index is 13.1. The molecule has 31 heavy (non-hydrogen) atoms. The lowest BCUT2D eigenvalue weighted by atomic mass is 10.00. The van der Waals surface area contributed by atoms with Crippen LogP contribution in [0.2, 0.25) is 0 Å². The monoisotopic (exact) mass is 425 g/mol. The quantitative estimate of drug-likeness (QED) is 0.564. The number of carbonyl (C=O) groups excluding carboxylic acids is 4. The highest BCUT2D eigenvalue weighted by molar-refractivity contribution is 6.23. The van der Waals surface area contributed by atoms with E-state index >= 15 is 0 Å². The molecule has 3 fully saturated rings. The number of imide groups is 2. The number of piperidine rings is 2. The summed E-state index contributed by atoms with van der Waals surface area (Å²) in [7, 11) is 0. The number of hydrogen-bond donors (Lipinski definition) is 3. The fourth-order valence-electron chi connectivity index (χ4n) is 4.86. The van der Waals surface area contributed by atoms with Crippen LogP contribution in [0, 0.1) is 5.92 Å². The number of fused-ring (bicyclic) bond motifs is 1. The Kier molecular flexibility index (Phi) is 5.23. The molecule has 4 aliphatic heterocycles. The zero-order valence-electron chi connectivity index (χ0n) is 17.4. The highest BCUT2D eigenvalue weighted by Crippen LogP contribution is 2.31. The van der Waals surface area contributed by atoms with Gasteiger partial charge in [-0.15, -0.1) is 0 Å². The van der Waals surface area contributed by atoms with Crippen LogP contribution in [0.4, 0.5) is 5.69 Å². The largest absolute Gasteiger partial charge is 0.370 e. The fraction of sp³-hybridized carbons (Fsp3) is 0.545. The van der Waals surface area contributed by atoms with Gasteiger partial charge in [-0.3, -0.25) is 29.4 Å². The topological polar surface area (TPSA) is 111 Å². The van der Waals surface area contributed by atoms with Crippen LogP contribution in [-0.2, 0) is 9.59 Å². The Morgan fingerprint density at radius 3 is 2.58 bits per heavy atom. The van der Waals surface area contributed by atoms with Gasteiger partial charge >= 0.3 is 0 Å². The molecule has 9 heteroatoms. The van der Waals surface area contributed by atoms with Crippen molar-refractivity contribution in [2.75, 3.05) is 37.6 Å². The maximum atomic E-state index is 13.1. The second-order valence-electron chi connectivity index (χ2n) is 8.89. The van der Waals surface area contributed by atoms with E-state index in [0.717, 1.165) is 56.2 Å². The predicted molar refractivity (Wildman–Crippen MR) is 113 cm³/mol. The summed E-state index contributed by atoms with van der Waals surface area (Å²) in [5.74, 6) is -1.18. The van der Waals surface area contributed by atoms with Gasteiger partial charge < -0.3 is 15.5 Å². The molecular weight excluding hydrogens is 398 g/mol. The molecule has 0 bridgehead atoms. The molecule has 1 aromatic carbocycles. The standard InChI is InChI=1S/C22H27N5O4/c28-19-6-5-18(20(29)25-19)27-21(30)16-4-3-15(8-17(16)22(27)31)26-7-1-2-14(12-26)24-11-13-9-23-10-13/h3-4,8,13-14,18,23-24H,1-2,5-7,9-12H2,(H,25,28,29)/t14-,18?/m1/s1.